The lowest BCUT2D eigenvalue weighted by atomic mass is 10.00. The molecule has 0 aromatic rings. The third-order valence-electron chi connectivity index (χ3n) is 3.45. The third kappa shape index (κ3) is 4.29. The summed E-state index contributed by atoms with van der Waals surface area (Å²) in [4.78, 5) is 27.0. The minimum absolute atomic E-state index is 0.118. The Morgan fingerprint density at radius 2 is 2.06 bits per heavy atom. The number of amides is 1. The van der Waals surface area contributed by atoms with Gasteiger partial charge in [0, 0.05) is 12.6 Å². The molecule has 1 atom stereocenters. The molecule has 1 aliphatic heterocycles. The molecule has 1 aliphatic rings. The highest BCUT2D eigenvalue weighted by Crippen LogP contribution is 2.19. The summed E-state index contributed by atoms with van der Waals surface area (Å²) in [6.45, 7) is 3.41. The lowest BCUT2D eigenvalue weighted by Gasteiger charge is -2.36. The number of carbonyl (C=O) groups is 2. The van der Waals surface area contributed by atoms with Crippen LogP contribution in [0.25, 0.3) is 0 Å². The highest BCUT2D eigenvalue weighted by Gasteiger charge is 2.26. The molecular formula is C13H24N2O3. The van der Waals surface area contributed by atoms with Gasteiger partial charge in [-0.1, -0.05) is 6.92 Å². The number of methoxy groups -OCH3 is 1. The Labute approximate surface area is 109 Å². The van der Waals surface area contributed by atoms with Crippen LogP contribution in [-0.4, -0.2) is 61.5 Å². The van der Waals surface area contributed by atoms with Crippen molar-refractivity contribution in [2.45, 2.75) is 38.6 Å². The molecule has 1 rings (SSSR count). The fourth-order valence-electron chi connectivity index (χ4n) is 2.42. The van der Waals surface area contributed by atoms with E-state index < -0.39 is 0 Å². The Morgan fingerprint density at radius 3 is 2.67 bits per heavy atom. The number of esters is 1. The summed E-state index contributed by atoms with van der Waals surface area (Å²) < 4.78 is 4.58. The second-order valence-electron chi connectivity index (χ2n) is 4.89. The second-order valence-corrected chi connectivity index (χ2v) is 4.89. The fraction of sp³-hybridized carbons (Fsp3) is 0.846. The second kappa shape index (κ2) is 7.36. The van der Waals surface area contributed by atoms with Gasteiger partial charge in [-0.05, 0) is 32.7 Å². The average Bonchev–Trinajstić information content (AvgIpc) is 2.38. The number of hydrogen-bond acceptors (Lipinski definition) is 4. The third-order valence-corrected chi connectivity index (χ3v) is 3.45. The van der Waals surface area contributed by atoms with Gasteiger partial charge in [0.25, 0.3) is 0 Å². The van der Waals surface area contributed by atoms with Gasteiger partial charge >= 0.3 is 5.97 Å². The molecule has 0 radical (unpaired) electrons. The van der Waals surface area contributed by atoms with Crippen LogP contribution in [0.4, 0.5) is 0 Å². The van der Waals surface area contributed by atoms with Gasteiger partial charge in [0.05, 0.1) is 20.2 Å². The van der Waals surface area contributed by atoms with E-state index in [0.717, 1.165) is 25.8 Å². The molecule has 1 unspecified atom stereocenters. The molecule has 0 N–H and O–H groups in total. The Kier molecular flexibility index (Phi) is 6.12. The Morgan fingerprint density at radius 1 is 1.33 bits per heavy atom. The molecule has 1 saturated heterocycles. The van der Waals surface area contributed by atoms with Gasteiger partial charge in [-0.25, -0.2) is 0 Å². The Balaban J connectivity index is 2.45. The topological polar surface area (TPSA) is 49.9 Å². The molecule has 0 aromatic heterocycles. The zero-order valence-corrected chi connectivity index (χ0v) is 11.6. The molecule has 0 aromatic carbocycles. The molecule has 1 amide bonds. The first-order chi connectivity index (χ1) is 8.58. The van der Waals surface area contributed by atoms with Crippen LogP contribution in [0.5, 0.6) is 0 Å². The lowest BCUT2D eigenvalue weighted by Crippen LogP contribution is -2.47. The van der Waals surface area contributed by atoms with E-state index in [4.69, 9.17) is 0 Å². The molecule has 0 aliphatic carbocycles. The van der Waals surface area contributed by atoms with Crippen molar-refractivity contribution in [2.24, 2.45) is 0 Å². The van der Waals surface area contributed by atoms with Crippen molar-refractivity contribution in [3.05, 3.63) is 0 Å². The normalized spacial score (nSPS) is 20.0. The average molecular weight is 256 g/mol. The highest BCUT2D eigenvalue weighted by molar-refractivity contribution is 5.79. The van der Waals surface area contributed by atoms with E-state index in [9.17, 15) is 9.59 Å². The minimum atomic E-state index is -0.309. The summed E-state index contributed by atoms with van der Waals surface area (Å²) in [5.41, 5.74) is 0. The molecule has 0 bridgehead atoms. The zero-order chi connectivity index (χ0) is 13.5. The van der Waals surface area contributed by atoms with Crippen LogP contribution in [0.2, 0.25) is 0 Å². The molecular weight excluding hydrogens is 232 g/mol. The van der Waals surface area contributed by atoms with E-state index in [1.807, 2.05) is 4.90 Å². The van der Waals surface area contributed by atoms with Crippen molar-refractivity contribution >= 4 is 11.9 Å². The molecule has 5 nitrogen and oxygen atoms in total. The van der Waals surface area contributed by atoms with Crippen LogP contribution < -0.4 is 0 Å². The molecule has 18 heavy (non-hydrogen) atoms. The first kappa shape index (κ1) is 15.0. The van der Waals surface area contributed by atoms with Gasteiger partial charge in [-0.3, -0.25) is 14.5 Å². The molecule has 1 fully saturated rings. The highest BCUT2D eigenvalue weighted by atomic mass is 16.5. The summed E-state index contributed by atoms with van der Waals surface area (Å²) in [5, 5.41) is 0. The SMILES string of the molecule is CCC1CCCCN1C(=O)CN(C)CC(=O)OC. The van der Waals surface area contributed by atoms with Crippen molar-refractivity contribution in [3.63, 3.8) is 0 Å². The largest absolute Gasteiger partial charge is 0.468 e. The van der Waals surface area contributed by atoms with Crippen molar-refractivity contribution in [3.8, 4) is 0 Å². The van der Waals surface area contributed by atoms with Crippen LogP contribution >= 0.6 is 0 Å². The van der Waals surface area contributed by atoms with Crippen LogP contribution in [0, 0.1) is 0 Å². The summed E-state index contributed by atoms with van der Waals surface area (Å²) >= 11 is 0. The molecule has 0 saturated carbocycles. The van der Waals surface area contributed by atoms with E-state index in [1.165, 1.54) is 13.5 Å². The van der Waals surface area contributed by atoms with E-state index >= 15 is 0 Å². The van der Waals surface area contributed by atoms with Crippen LogP contribution in [0.3, 0.4) is 0 Å². The van der Waals surface area contributed by atoms with Crippen molar-refractivity contribution in [1.82, 2.24) is 9.80 Å². The predicted molar refractivity (Wildman–Crippen MR) is 69.2 cm³/mol. The minimum Gasteiger partial charge on any atom is -0.468 e. The summed E-state index contributed by atoms with van der Waals surface area (Å²) in [6.07, 6.45) is 4.40. The van der Waals surface area contributed by atoms with E-state index in [0.29, 0.717) is 6.04 Å². The quantitative estimate of drug-likeness (QED) is 0.685. The summed E-state index contributed by atoms with van der Waals surface area (Å²) in [7, 11) is 3.12. The molecule has 104 valence electrons. The first-order valence-electron chi connectivity index (χ1n) is 6.63. The smallest absolute Gasteiger partial charge is 0.319 e. The Hall–Kier alpha value is -1.10. The van der Waals surface area contributed by atoms with E-state index in [1.54, 1.807) is 11.9 Å². The number of hydrogen-bond donors (Lipinski definition) is 0. The van der Waals surface area contributed by atoms with Crippen LogP contribution in [0.15, 0.2) is 0 Å². The van der Waals surface area contributed by atoms with Crippen molar-refractivity contribution in [1.29, 1.82) is 0 Å². The van der Waals surface area contributed by atoms with Gasteiger partial charge in [-0.15, -0.1) is 0 Å². The zero-order valence-electron chi connectivity index (χ0n) is 11.6. The number of likely N-dealkylation sites (N-methyl/N-ethyl adjacent to an activating group) is 1. The van der Waals surface area contributed by atoms with Crippen molar-refractivity contribution < 1.29 is 14.3 Å². The standard InChI is InChI=1S/C13H24N2O3/c1-4-11-7-5-6-8-15(11)12(16)9-14(2)10-13(17)18-3/h11H,4-10H2,1-3H3. The van der Waals surface area contributed by atoms with Gasteiger partial charge < -0.3 is 9.64 Å². The predicted octanol–water partition coefficient (Wildman–Crippen LogP) is 0.882. The Bertz CT molecular complexity index is 294. The maximum Gasteiger partial charge on any atom is 0.319 e. The van der Waals surface area contributed by atoms with Crippen molar-refractivity contribution in [2.75, 3.05) is 33.8 Å². The van der Waals surface area contributed by atoms with Gasteiger partial charge in [-0.2, -0.15) is 0 Å². The number of rotatable bonds is 5. The first-order valence-corrected chi connectivity index (χ1v) is 6.63. The number of likely N-dealkylation sites (tertiary alicyclic amines) is 1. The summed E-state index contributed by atoms with van der Waals surface area (Å²) in [6, 6.07) is 0.373. The number of ether oxygens (including phenoxy) is 1. The molecule has 5 heteroatoms. The fourth-order valence-corrected chi connectivity index (χ4v) is 2.42. The molecule has 1 heterocycles. The van der Waals surface area contributed by atoms with Crippen LogP contribution in [-0.2, 0) is 14.3 Å². The maximum absolute atomic E-state index is 12.2. The van der Waals surface area contributed by atoms with Gasteiger partial charge in [0.2, 0.25) is 5.91 Å². The number of nitrogens with zero attached hydrogens (tertiary/aromatic N) is 2. The van der Waals surface area contributed by atoms with E-state index in [2.05, 4.69) is 11.7 Å². The van der Waals surface area contributed by atoms with E-state index in [-0.39, 0.29) is 25.0 Å². The lowest BCUT2D eigenvalue weighted by molar-refractivity contribution is -0.143. The number of piperidine rings is 1. The monoisotopic (exact) mass is 256 g/mol. The van der Waals surface area contributed by atoms with Gasteiger partial charge in [0.1, 0.15) is 0 Å². The molecule has 0 spiro atoms. The number of carbonyl (C=O) groups excluding carboxylic acids is 2. The maximum atomic E-state index is 12.2. The van der Waals surface area contributed by atoms with Gasteiger partial charge in [0.15, 0.2) is 0 Å². The summed E-state index contributed by atoms with van der Waals surface area (Å²) in [5.74, 6) is -0.191. The van der Waals surface area contributed by atoms with Crippen LogP contribution in [0.1, 0.15) is 32.6 Å².